The first-order valence-corrected chi connectivity index (χ1v) is 9.72. The number of benzene rings is 2. The van der Waals surface area contributed by atoms with Gasteiger partial charge in [-0.1, -0.05) is 29.8 Å². The molecule has 0 amide bonds. The Balaban J connectivity index is 2.07. The Kier molecular flexibility index (Phi) is 4.90. The van der Waals surface area contributed by atoms with Gasteiger partial charge in [-0.15, -0.1) is 0 Å². The van der Waals surface area contributed by atoms with E-state index in [0.29, 0.717) is 18.4 Å². The molecule has 0 aliphatic heterocycles. The van der Waals surface area contributed by atoms with E-state index in [1.807, 2.05) is 0 Å². The summed E-state index contributed by atoms with van der Waals surface area (Å²) in [4.78, 5) is -0.00718. The van der Waals surface area contributed by atoms with Crippen molar-refractivity contribution >= 4 is 32.8 Å². The van der Waals surface area contributed by atoms with E-state index in [-0.39, 0.29) is 9.92 Å². The first-order valence-electron chi connectivity index (χ1n) is 7.80. The second-order valence-electron chi connectivity index (χ2n) is 6.07. The topological polar surface area (TPSA) is 60.2 Å². The summed E-state index contributed by atoms with van der Waals surface area (Å²) in [5.41, 5.74) is 2.11. The van der Waals surface area contributed by atoms with Crippen LogP contribution in [0.5, 0.6) is 0 Å². The van der Waals surface area contributed by atoms with E-state index in [0.717, 1.165) is 29.2 Å². The minimum absolute atomic E-state index is 0.00718. The Morgan fingerprint density at radius 1 is 0.923 bits per heavy atom. The van der Waals surface area contributed by atoms with Gasteiger partial charge < -0.3 is 0 Å². The molecular weight excluding hydrogens is 387 g/mol. The Hall–Kier alpha value is -1.83. The molecule has 3 rings (SSSR count). The molecule has 2 aromatic carbocycles. The largest absolute Gasteiger partial charge is 0.417 e. The van der Waals surface area contributed by atoms with E-state index < -0.39 is 21.8 Å². The Labute approximate surface area is 154 Å². The van der Waals surface area contributed by atoms with Crippen molar-refractivity contribution in [3.8, 4) is 0 Å². The number of allylic oxidation sites excluding steroid dienone is 2. The Morgan fingerprint density at radius 3 is 2.00 bits per heavy atom. The normalized spacial score (nSPS) is 15.6. The molecular formula is C18H15ClF3NO2S. The summed E-state index contributed by atoms with van der Waals surface area (Å²) in [5, 5.41) is 4.76. The van der Waals surface area contributed by atoms with E-state index in [9.17, 15) is 21.6 Å². The third kappa shape index (κ3) is 3.79. The van der Waals surface area contributed by atoms with Crippen molar-refractivity contribution < 1.29 is 21.6 Å². The number of nitrogens with two attached hydrogens (primary N) is 1. The number of rotatable bonds is 3. The molecule has 0 unspecified atom stereocenters. The van der Waals surface area contributed by atoms with Crippen LogP contribution in [0, 0.1) is 0 Å². The van der Waals surface area contributed by atoms with Crippen molar-refractivity contribution in [2.75, 3.05) is 0 Å². The summed E-state index contributed by atoms with van der Waals surface area (Å²) in [5.74, 6) is 0. The molecule has 0 saturated carbocycles. The Bertz CT molecular complexity index is 980. The molecule has 0 heterocycles. The van der Waals surface area contributed by atoms with Gasteiger partial charge >= 0.3 is 6.18 Å². The third-order valence-electron chi connectivity index (χ3n) is 4.37. The second kappa shape index (κ2) is 6.72. The molecule has 0 fully saturated rings. The quantitative estimate of drug-likeness (QED) is 0.777. The monoisotopic (exact) mass is 401 g/mol. The number of sulfonamides is 1. The fraction of sp³-hybridized carbons (Fsp3) is 0.222. The van der Waals surface area contributed by atoms with Gasteiger partial charge in [-0.3, -0.25) is 0 Å². The molecule has 0 spiro atoms. The van der Waals surface area contributed by atoms with E-state index in [1.54, 1.807) is 18.2 Å². The van der Waals surface area contributed by atoms with E-state index in [2.05, 4.69) is 0 Å². The van der Waals surface area contributed by atoms with Gasteiger partial charge in [0.25, 0.3) is 0 Å². The van der Waals surface area contributed by atoms with E-state index >= 15 is 0 Å². The van der Waals surface area contributed by atoms with Gasteiger partial charge in [0, 0.05) is 0 Å². The summed E-state index contributed by atoms with van der Waals surface area (Å²) in [6, 6.07) is 9.96. The molecule has 8 heteroatoms. The van der Waals surface area contributed by atoms with Gasteiger partial charge in [-0.05, 0) is 65.8 Å². The lowest BCUT2D eigenvalue weighted by atomic mass is 9.96. The summed E-state index contributed by atoms with van der Waals surface area (Å²) < 4.78 is 62.1. The van der Waals surface area contributed by atoms with Crippen molar-refractivity contribution in [3.05, 3.63) is 64.2 Å². The number of primary sulfonamides is 1. The van der Waals surface area contributed by atoms with Gasteiger partial charge in [-0.2, -0.15) is 13.2 Å². The molecule has 0 radical (unpaired) electrons. The highest BCUT2D eigenvalue weighted by atomic mass is 35.5. The fourth-order valence-electron chi connectivity index (χ4n) is 3.16. The molecule has 0 saturated heterocycles. The number of hydrogen-bond acceptors (Lipinski definition) is 2. The van der Waals surface area contributed by atoms with Gasteiger partial charge in [-0.25, -0.2) is 13.6 Å². The van der Waals surface area contributed by atoms with Crippen LogP contribution in [0.2, 0.25) is 5.02 Å². The minimum Gasteiger partial charge on any atom is -0.225 e. The van der Waals surface area contributed by atoms with Crippen molar-refractivity contribution in [1.82, 2.24) is 0 Å². The molecule has 138 valence electrons. The lowest BCUT2D eigenvalue weighted by Gasteiger charge is -2.13. The van der Waals surface area contributed by atoms with Crippen LogP contribution in [0.4, 0.5) is 13.2 Å². The van der Waals surface area contributed by atoms with Crippen molar-refractivity contribution in [1.29, 1.82) is 0 Å². The summed E-state index contributed by atoms with van der Waals surface area (Å²) in [6.07, 6.45) is -2.37. The zero-order chi connectivity index (χ0) is 19.1. The van der Waals surface area contributed by atoms with Crippen molar-refractivity contribution in [2.45, 2.75) is 30.3 Å². The summed E-state index contributed by atoms with van der Waals surface area (Å²) in [7, 11) is -3.79. The van der Waals surface area contributed by atoms with Crippen molar-refractivity contribution in [3.63, 3.8) is 0 Å². The van der Waals surface area contributed by atoms with Gasteiger partial charge in [0.2, 0.25) is 10.0 Å². The molecule has 2 aromatic rings. The molecule has 2 N–H and O–H groups in total. The van der Waals surface area contributed by atoms with Crippen LogP contribution in [0.1, 0.15) is 36.0 Å². The zero-order valence-electron chi connectivity index (χ0n) is 13.5. The molecule has 1 aliphatic rings. The average Bonchev–Trinajstić information content (AvgIpc) is 3.03. The van der Waals surface area contributed by atoms with Crippen LogP contribution >= 0.6 is 11.6 Å². The Morgan fingerprint density at radius 2 is 1.46 bits per heavy atom. The second-order valence-corrected chi connectivity index (χ2v) is 8.04. The third-order valence-corrected chi connectivity index (χ3v) is 5.63. The molecule has 3 nitrogen and oxygen atoms in total. The zero-order valence-corrected chi connectivity index (χ0v) is 15.0. The van der Waals surface area contributed by atoms with Crippen molar-refractivity contribution in [2.24, 2.45) is 5.14 Å². The number of halogens is 4. The van der Waals surface area contributed by atoms with Crippen LogP contribution < -0.4 is 5.14 Å². The SMILES string of the molecule is NS(=O)(=O)c1ccc(C2=C(c3ccc(Cl)c(C(F)(F)F)c3)CCC2)cc1. The maximum atomic E-state index is 13.1. The average molecular weight is 402 g/mol. The molecule has 0 bridgehead atoms. The van der Waals surface area contributed by atoms with E-state index in [4.69, 9.17) is 16.7 Å². The van der Waals surface area contributed by atoms with Crippen LogP contribution in [-0.2, 0) is 16.2 Å². The summed E-state index contributed by atoms with van der Waals surface area (Å²) >= 11 is 5.70. The van der Waals surface area contributed by atoms with Crippen LogP contribution in [0.15, 0.2) is 47.4 Å². The molecule has 1 aliphatic carbocycles. The van der Waals surface area contributed by atoms with Gasteiger partial charge in [0.15, 0.2) is 0 Å². The predicted molar refractivity (Wildman–Crippen MR) is 94.9 cm³/mol. The number of alkyl halides is 3. The maximum absolute atomic E-state index is 13.1. The lowest BCUT2D eigenvalue weighted by molar-refractivity contribution is -0.137. The molecule has 0 atom stereocenters. The highest BCUT2D eigenvalue weighted by Crippen LogP contribution is 2.42. The van der Waals surface area contributed by atoms with E-state index in [1.165, 1.54) is 18.2 Å². The predicted octanol–water partition coefficient (Wildman–Crippen LogP) is 5.10. The minimum atomic E-state index is -4.52. The smallest absolute Gasteiger partial charge is 0.225 e. The summed E-state index contributed by atoms with van der Waals surface area (Å²) in [6.45, 7) is 0. The lowest BCUT2D eigenvalue weighted by Crippen LogP contribution is -2.11. The first kappa shape index (κ1) is 18.9. The van der Waals surface area contributed by atoms with Crippen LogP contribution in [-0.4, -0.2) is 8.42 Å². The number of hydrogen-bond donors (Lipinski definition) is 1. The van der Waals surface area contributed by atoms with Crippen LogP contribution in [0.3, 0.4) is 0 Å². The standard InChI is InChI=1S/C18H15ClF3NO2S/c19-17-9-6-12(10-16(17)18(20,21)22)15-3-1-2-14(15)11-4-7-13(8-5-11)26(23,24)25/h4-10H,1-3H2,(H2,23,24,25). The maximum Gasteiger partial charge on any atom is 0.417 e. The van der Waals surface area contributed by atoms with Crippen LogP contribution in [0.25, 0.3) is 11.1 Å². The highest BCUT2D eigenvalue weighted by molar-refractivity contribution is 7.89. The first-order chi connectivity index (χ1) is 12.1. The fourth-order valence-corrected chi connectivity index (χ4v) is 3.90. The van der Waals surface area contributed by atoms with Gasteiger partial charge in [0.1, 0.15) is 0 Å². The molecule has 26 heavy (non-hydrogen) atoms. The highest BCUT2D eigenvalue weighted by Gasteiger charge is 2.34. The molecule has 0 aromatic heterocycles. The van der Waals surface area contributed by atoms with Gasteiger partial charge in [0.05, 0.1) is 15.5 Å².